The molecule has 0 aromatic rings. The van der Waals surface area contributed by atoms with Crippen LogP contribution in [-0.4, -0.2) is 18.5 Å². The van der Waals surface area contributed by atoms with Gasteiger partial charge in [-0.05, 0) is 12.8 Å². The molecule has 0 saturated carbocycles. The van der Waals surface area contributed by atoms with Crippen LogP contribution in [0.2, 0.25) is 0 Å². The second-order valence-corrected chi connectivity index (χ2v) is 2.80. The molecule has 0 spiro atoms. The van der Waals surface area contributed by atoms with Crippen LogP contribution in [0.4, 0.5) is 0 Å². The van der Waals surface area contributed by atoms with E-state index in [4.69, 9.17) is 5.73 Å². The Hall–Kier alpha value is -0.570. The van der Waals surface area contributed by atoms with E-state index in [0.717, 1.165) is 0 Å². The van der Waals surface area contributed by atoms with Gasteiger partial charge in [0.25, 0.3) is 0 Å². The third-order valence-electron chi connectivity index (χ3n) is 1.57. The molecule has 0 heterocycles. The van der Waals surface area contributed by atoms with Crippen LogP contribution in [-0.2, 0) is 4.79 Å². The van der Waals surface area contributed by atoms with E-state index in [9.17, 15) is 4.79 Å². The van der Waals surface area contributed by atoms with Gasteiger partial charge in [0.1, 0.15) is 0 Å². The molecule has 0 bridgehead atoms. The zero-order valence-electron chi connectivity index (χ0n) is 6.85. The Kier molecular flexibility index (Phi) is 4.03. The maximum atomic E-state index is 10.7. The molecule has 0 rings (SSSR count). The van der Waals surface area contributed by atoms with Crippen molar-refractivity contribution < 1.29 is 4.79 Å². The lowest BCUT2D eigenvalue weighted by Gasteiger charge is -2.16. The molecule has 60 valence electrons. The van der Waals surface area contributed by atoms with Crippen LogP contribution in [0.25, 0.3) is 0 Å². The Labute approximate surface area is 62.0 Å². The zero-order chi connectivity index (χ0) is 8.15. The molecule has 1 atom stereocenters. The Morgan fingerprint density at radius 3 is 2.30 bits per heavy atom. The zero-order valence-corrected chi connectivity index (χ0v) is 6.85. The van der Waals surface area contributed by atoms with Gasteiger partial charge in [-0.15, -0.1) is 0 Å². The van der Waals surface area contributed by atoms with E-state index in [1.807, 2.05) is 6.92 Å². The van der Waals surface area contributed by atoms with Crippen molar-refractivity contribution in [2.24, 2.45) is 11.7 Å². The lowest BCUT2D eigenvalue weighted by atomic mass is 10.1. The number of hydrogen-bond acceptors (Lipinski definition) is 2. The van der Waals surface area contributed by atoms with Gasteiger partial charge in [0, 0.05) is 6.04 Å². The molecule has 0 aliphatic rings. The van der Waals surface area contributed by atoms with Crippen molar-refractivity contribution in [3.8, 4) is 0 Å². The maximum Gasteiger partial charge on any atom is 0.233 e. The first kappa shape index (κ1) is 9.43. The summed E-state index contributed by atoms with van der Waals surface area (Å²) in [7, 11) is 0. The summed E-state index contributed by atoms with van der Waals surface area (Å²) in [5, 5.41) is 2.77. The van der Waals surface area contributed by atoms with Crippen molar-refractivity contribution in [1.82, 2.24) is 5.32 Å². The largest absolute Gasteiger partial charge is 0.352 e. The van der Waals surface area contributed by atoms with E-state index in [0.29, 0.717) is 5.92 Å². The number of nitrogens with one attached hydrogen (secondary N) is 1. The van der Waals surface area contributed by atoms with Gasteiger partial charge < -0.3 is 11.1 Å². The van der Waals surface area contributed by atoms with Crippen molar-refractivity contribution in [1.29, 1.82) is 0 Å². The van der Waals surface area contributed by atoms with Gasteiger partial charge in [0.2, 0.25) is 5.91 Å². The maximum absolute atomic E-state index is 10.7. The highest BCUT2D eigenvalue weighted by Gasteiger charge is 2.08. The fraction of sp³-hybridized carbons (Fsp3) is 0.857. The smallest absolute Gasteiger partial charge is 0.233 e. The molecule has 0 unspecified atom stereocenters. The Morgan fingerprint density at radius 1 is 1.50 bits per heavy atom. The van der Waals surface area contributed by atoms with E-state index in [2.05, 4.69) is 19.2 Å². The van der Waals surface area contributed by atoms with Gasteiger partial charge in [-0.3, -0.25) is 4.79 Å². The van der Waals surface area contributed by atoms with Crippen LogP contribution in [0.15, 0.2) is 0 Å². The Bertz CT molecular complexity index is 112. The summed E-state index contributed by atoms with van der Waals surface area (Å²) in [5.41, 5.74) is 5.11. The summed E-state index contributed by atoms with van der Waals surface area (Å²) in [6.07, 6.45) is 0. The van der Waals surface area contributed by atoms with E-state index < -0.39 is 0 Å². The first-order chi connectivity index (χ1) is 4.57. The number of nitrogens with two attached hydrogens (primary N) is 1. The van der Waals surface area contributed by atoms with Crippen LogP contribution < -0.4 is 11.1 Å². The van der Waals surface area contributed by atoms with Gasteiger partial charge in [-0.2, -0.15) is 0 Å². The average molecular weight is 144 g/mol. The molecule has 3 heteroatoms. The van der Waals surface area contributed by atoms with Gasteiger partial charge in [0.05, 0.1) is 6.54 Å². The number of hydrogen-bond donors (Lipinski definition) is 2. The molecule has 3 nitrogen and oxygen atoms in total. The molecule has 10 heavy (non-hydrogen) atoms. The van der Waals surface area contributed by atoms with Crippen molar-refractivity contribution in [2.45, 2.75) is 26.8 Å². The fourth-order valence-corrected chi connectivity index (χ4v) is 0.480. The van der Waals surface area contributed by atoms with Crippen molar-refractivity contribution in [3.63, 3.8) is 0 Å². The molecule has 0 aromatic heterocycles. The second-order valence-electron chi connectivity index (χ2n) is 2.80. The molecule has 0 saturated heterocycles. The van der Waals surface area contributed by atoms with E-state index in [1.165, 1.54) is 0 Å². The summed E-state index contributed by atoms with van der Waals surface area (Å²) in [6.45, 7) is 6.16. The van der Waals surface area contributed by atoms with Crippen LogP contribution in [0.1, 0.15) is 20.8 Å². The predicted molar refractivity (Wildman–Crippen MR) is 41.5 cm³/mol. The number of rotatable bonds is 3. The number of amides is 1. The monoisotopic (exact) mass is 144 g/mol. The average Bonchev–Trinajstić information content (AvgIpc) is 1.87. The van der Waals surface area contributed by atoms with Crippen LogP contribution in [0.5, 0.6) is 0 Å². The normalized spacial score (nSPS) is 13.3. The standard InChI is InChI=1S/C7H16N2O/c1-5(2)6(3)9-7(10)4-8/h5-6H,4,8H2,1-3H3,(H,9,10)/t6-/m1/s1. The van der Waals surface area contributed by atoms with Gasteiger partial charge >= 0.3 is 0 Å². The quantitative estimate of drug-likeness (QED) is 0.590. The fourth-order valence-electron chi connectivity index (χ4n) is 0.480. The minimum absolute atomic E-state index is 0.0804. The lowest BCUT2D eigenvalue weighted by molar-refractivity contribution is -0.120. The van der Waals surface area contributed by atoms with Crippen molar-refractivity contribution in [3.05, 3.63) is 0 Å². The van der Waals surface area contributed by atoms with Crippen LogP contribution in [0.3, 0.4) is 0 Å². The topological polar surface area (TPSA) is 55.1 Å². The Morgan fingerprint density at radius 2 is 2.00 bits per heavy atom. The summed E-state index contributed by atoms with van der Waals surface area (Å²) in [5.74, 6) is 0.386. The van der Waals surface area contributed by atoms with Gasteiger partial charge in [-0.25, -0.2) is 0 Å². The minimum Gasteiger partial charge on any atom is -0.352 e. The summed E-state index contributed by atoms with van der Waals surface area (Å²) in [6, 6.07) is 0.219. The third-order valence-corrected chi connectivity index (χ3v) is 1.57. The molecular weight excluding hydrogens is 128 g/mol. The van der Waals surface area contributed by atoms with E-state index >= 15 is 0 Å². The predicted octanol–water partition coefficient (Wildman–Crippen LogP) is 0.106. The summed E-state index contributed by atoms with van der Waals surface area (Å²) < 4.78 is 0. The number of carbonyl (C=O) groups excluding carboxylic acids is 1. The summed E-state index contributed by atoms with van der Waals surface area (Å²) in [4.78, 5) is 10.7. The lowest BCUT2D eigenvalue weighted by Crippen LogP contribution is -2.39. The third kappa shape index (κ3) is 3.45. The Balaban J connectivity index is 3.57. The molecule has 0 fully saturated rings. The number of carbonyl (C=O) groups is 1. The van der Waals surface area contributed by atoms with Gasteiger partial charge in [-0.1, -0.05) is 13.8 Å². The van der Waals surface area contributed by atoms with Crippen molar-refractivity contribution >= 4 is 5.91 Å². The SMILES string of the molecule is CC(C)[C@@H](C)NC(=O)CN. The molecule has 3 N–H and O–H groups in total. The van der Waals surface area contributed by atoms with Crippen LogP contribution >= 0.6 is 0 Å². The molecular formula is C7H16N2O. The highest BCUT2D eigenvalue weighted by atomic mass is 16.1. The summed E-state index contributed by atoms with van der Waals surface area (Å²) >= 11 is 0. The minimum atomic E-state index is -0.0822. The van der Waals surface area contributed by atoms with Crippen molar-refractivity contribution in [2.75, 3.05) is 6.54 Å². The second kappa shape index (κ2) is 4.28. The van der Waals surface area contributed by atoms with E-state index in [-0.39, 0.29) is 18.5 Å². The molecule has 0 radical (unpaired) electrons. The first-order valence-corrected chi connectivity index (χ1v) is 3.57. The molecule has 0 aliphatic heterocycles. The molecule has 0 aliphatic carbocycles. The molecule has 1 amide bonds. The van der Waals surface area contributed by atoms with E-state index in [1.54, 1.807) is 0 Å². The first-order valence-electron chi connectivity index (χ1n) is 3.57. The highest BCUT2D eigenvalue weighted by molar-refractivity contribution is 5.77. The van der Waals surface area contributed by atoms with Gasteiger partial charge in [0.15, 0.2) is 0 Å². The van der Waals surface area contributed by atoms with Crippen LogP contribution in [0, 0.1) is 5.92 Å². The highest BCUT2D eigenvalue weighted by Crippen LogP contribution is 1.98. The molecule has 0 aromatic carbocycles.